The van der Waals surface area contributed by atoms with Crippen molar-refractivity contribution >= 4 is 23.3 Å². The topological polar surface area (TPSA) is 18.5 Å². The molecule has 1 heterocycles. The summed E-state index contributed by atoms with van der Waals surface area (Å²) in [5.74, 6) is 0. The van der Waals surface area contributed by atoms with E-state index in [1.165, 1.54) is 11.4 Å². The molecule has 16 heavy (non-hydrogen) atoms. The van der Waals surface area contributed by atoms with Gasteiger partial charge in [-0.2, -0.15) is 0 Å². The zero-order chi connectivity index (χ0) is 11.4. The maximum Gasteiger partial charge on any atom is 0.0441 e. The lowest BCUT2D eigenvalue weighted by Crippen LogP contribution is -2.44. The number of piperazine rings is 1. The van der Waals surface area contributed by atoms with Gasteiger partial charge in [0.15, 0.2) is 0 Å². The highest BCUT2D eigenvalue weighted by molar-refractivity contribution is 7.99. The molecule has 4 heteroatoms. The van der Waals surface area contributed by atoms with E-state index in [2.05, 4.69) is 45.8 Å². The van der Waals surface area contributed by atoms with Gasteiger partial charge in [0.05, 0.1) is 0 Å². The molecule has 0 radical (unpaired) electrons. The molecule has 88 valence electrons. The Morgan fingerprint density at radius 1 is 1.06 bits per heavy atom. The number of nitrogens with zero attached hydrogens (tertiary/aromatic N) is 2. The standard InChI is InChI=1S/C12H19N3S/c1-14-7-9-15(10-8-14)12-5-3-11(4-6-12)13-16-2/h3-6,13H,7-10H2,1-2H3. The molecule has 1 aliphatic heterocycles. The van der Waals surface area contributed by atoms with Gasteiger partial charge in [-0.3, -0.25) is 0 Å². The first kappa shape index (κ1) is 11.6. The molecule has 1 saturated heterocycles. The summed E-state index contributed by atoms with van der Waals surface area (Å²) in [6, 6.07) is 8.68. The molecule has 0 atom stereocenters. The van der Waals surface area contributed by atoms with Crippen molar-refractivity contribution in [3.63, 3.8) is 0 Å². The highest BCUT2D eigenvalue weighted by Gasteiger charge is 2.13. The molecule has 1 aliphatic rings. The van der Waals surface area contributed by atoms with Gasteiger partial charge in [-0.05, 0) is 31.3 Å². The Kier molecular flexibility index (Phi) is 3.96. The van der Waals surface area contributed by atoms with Crippen molar-refractivity contribution in [1.82, 2.24) is 4.90 Å². The van der Waals surface area contributed by atoms with Crippen molar-refractivity contribution in [3.05, 3.63) is 24.3 Å². The van der Waals surface area contributed by atoms with Crippen LogP contribution in [-0.4, -0.2) is 44.4 Å². The SMILES string of the molecule is CSNc1ccc(N2CCN(C)CC2)cc1. The van der Waals surface area contributed by atoms with Crippen LogP contribution in [0.15, 0.2) is 24.3 Å². The smallest absolute Gasteiger partial charge is 0.0441 e. The molecule has 2 rings (SSSR count). The molecular formula is C12H19N3S. The van der Waals surface area contributed by atoms with Gasteiger partial charge in [0.1, 0.15) is 0 Å². The Balaban J connectivity index is 1.98. The molecule has 1 aromatic rings. The molecule has 3 nitrogen and oxygen atoms in total. The van der Waals surface area contributed by atoms with Crippen LogP contribution in [0.1, 0.15) is 0 Å². The summed E-state index contributed by atoms with van der Waals surface area (Å²) in [5, 5.41) is 0. The molecule has 1 N–H and O–H groups in total. The number of anilines is 2. The van der Waals surface area contributed by atoms with Crippen LogP contribution in [0, 0.1) is 0 Å². The lowest BCUT2D eigenvalue weighted by molar-refractivity contribution is 0.313. The number of nitrogens with one attached hydrogen (secondary N) is 1. The quantitative estimate of drug-likeness (QED) is 0.811. The van der Waals surface area contributed by atoms with E-state index in [4.69, 9.17) is 0 Å². The normalized spacial score (nSPS) is 17.5. The van der Waals surface area contributed by atoms with Gasteiger partial charge in [0, 0.05) is 43.8 Å². The lowest BCUT2D eigenvalue weighted by Gasteiger charge is -2.34. The molecular weight excluding hydrogens is 218 g/mol. The maximum absolute atomic E-state index is 3.23. The number of hydrogen-bond acceptors (Lipinski definition) is 4. The molecule has 0 saturated carbocycles. The minimum absolute atomic E-state index is 1.13. The molecule has 1 aromatic carbocycles. The highest BCUT2D eigenvalue weighted by Crippen LogP contribution is 2.20. The Labute approximate surface area is 102 Å². The highest BCUT2D eigenvalue weighted by atomic mass is 32.2. The first-order valence-corrected chi connectivity index (χ1v) is 6.84. The Morgan fingerprint density at radius 2 is 1.69 bits per heavy atom. The molecule has 0 bridgehead atoms. The molecule has 0 spiro atoms. The minimum atomic E-state index is 1.13. The fourth-order valence-corrected chi connectivity index (χ4v) is 2.29. The van der Waals surface area contributed by atoms with Crippen LogP contribution in [0.3, 0.4) is 0 Å². The first-order chi connectivity index (χ1) is 7.79. The van der Waals surface area contributed by atoms with Crippen molar-refractivity contribution in [2.75, 3.05) is 49.1 Å². The van der Waals surface area contributed by atoms with Crippen molar-refractivity contribution < 1.29 is 0 Å². The molecule has 0 amide bonds. The van der Waals surface area contributed by atoms with Crippen LogP contribution in [0.2, 0.25) is 0 Å². The van der Waals surface area contributed by atoms with Crippen LogP contribution >= 0.6 is 11.9 Å². The summed E-state index contributed by atoms with van der Waals surface area (Å²) in [6.07, 6.45) is 2.04. The number of rotatable bonds is 3. The van der Waals surface area contributed by atoms with Crippen molar-refractivity contribution in [3.8, 4) is 0 Å². The minimum Gasteiger partial charge on any atom is -0.369 e. The molecule has 0 aromatic heterocycles. The average molecular weight is 237 g/mol. The largest absolute Gasteiger partial charge is 0.369 e. The Hall–Kier alpha value is -0.870. The molecule has 1 fully saturated rings. The number of hydrogen-bond donors (Lipinski definition) is 1. The van der Waals surface area contributed by atoms with Gasteiger partial charge in [-0.15, -0.1) is 0 Å². The second-order valence-corrected chi connectivity index (χ2v) is 4.76. The van der Waals surface area contributed by atoms with E-state index in [0.717, 1.165) is 26.2 Å². The summed E-state index contributed by atoms with van der Waals surface area (Å²) in [5.41, 5.74) is 2.50. The van der Waals surface area contributed by atoms with Crippen LogP contribution in [0.4, 0.5) is 11.4 Å². The van der Waals surface area contributed by atoms with Gasteiger partial charge in [-0.1, -0.05) is 11.9 Å². The zero-order valence-electron chi connectivity index (χ0n) is 9.94. The molecule has 0 aliphatic carbocycles. The van der Waals surface area contributed by atoms with Crippen LogP contribution in [0.5, 0.6) is 0 Å². The summed E-state index contributed by atoms with van der Waals surface area (Å²) in [7, 11) is 2.18. The maximum atomic E-state index is 3.23. The van der Waals surface area contributed by atoms with E-state index in [9.17, 15) is 0 Å². The predicted molar refractivity (Wildman–Crippen MR) is 73.3 cm³/mol. The Bertz CT molecular complexity index is 318. The van der Waals surface area contributed by atoms with Crippen molar-refractivity contribution in [2.45, 2.75) is 0 Å². The fraction of sp³-hybridized carbons (Fsp3) is 0.500. The number of likely N-dealkylation sites (N-methyl/N-ethyl adjacent to an activating group) is 1. The zero-order valence-corrected chi connectivity index (χ0v) is 10.8. The van der Waals surface area contributed by atoms with Gasteiger partial charge >= 0.3 is 0 Å². The van der Waals surface area contributed by atoms with Crippen LogP contribution in [-0.2, 0) is 0 Å². The average Bonchev–Trinajstić information content (AvgIpc) is 2.32. The summed E-state index contributed by atoms with van der Waals surface area (Å²) in [6.45, 7) is 4.58. The first-order valence-electron chi connectivity index (χ1n) is 5.62. The van der Waals surface area contributed by atoms with Crippen LogP contribution in [0.25, 0.3) is 0 Å². The lowest BCUT2D eigenvalue weighted by atomic mass is 10.2. The second kappa shape index (κ2) is 5.46. The van der Waals surface area contributed by atoms with E-state index in [-0.39, 0.29) is 0 Å². The van der Waals surface area contributed by atoms with Crippen molar-refractivity contribution in [1.29, 1.82) is 0 Å². The van der Waals surface area contributed by atoms with Gasteiger partial charge in [0.25, 0.3) is 0 Å². The van der Waals surface area contributed by atoms with Gasteiger partial charge < -0.3 is 14.5 Å². The van der Waals surface area contributed by atoms with Crippen molar-refractivity contribution in [2.24, 2.45) is 0 Å². The third kappa shape index (κ3) is 2.83. The fourth-order valence-electron chi connectivity index (χ4n) is 1.92. The summed E-state index contributed by atoms with van der Waals surface area (Å²) >= 11 is 1.63. The van der Waals surface area contributed by atoms with E-state index in [0.29, 0.717) is 0 Å². The van der Waals surface area contributed by atoms with Gasteiger partial charge in [0.2, 0.25) is 0 Å². The third-order valence-electron chi connectivity index (χ3n) is 2.96. The Morgan fingerprint density at radius 3 is 2.25 bits per heavy atom. The summed E-state index contributed by atoms with van der Waals surface area (Å²) < 4.78 is 3.23. The predicted octanol–water partition coefficient (Wildman–Crippen LogP) is 2.13. The van der Waals surface area contributed by atoms with E-state index >= 15 is 0 Å². The van der Waals surface area contributed by atoms with Crippen LogP contribution < -0.4 is 9.62 Å². The third-order valence-corrected chi connectivity index (χ3v) is 3.40. The summed E-state index contributed by atoms with van der Waals surface area (Å²) in [4.78, 5) is 4.82. The monoisotopic (exact) mass is 237 g/mol. The van der Waals surface area contributed by atoms with Gasteiger partial charge in [-0.25, -0.2) is 0 Å². The van der Waals surface area contributed by atoms with E-state index < -0.39 is 0 Å². The van der Waals surface area contributed by atoms with E-state index in [1.54, 1.807) is 11.9 Å². The second-order valence-electron chi connectivity index (χ2n) is 4.14. The number of benzene rings is 1. The molecule has 0 unspecified atom stereocenters. The van der Waals surface area contributed by atoms with E-state index in [1.807, 2.05) is 6.26 Å².